The number of allylic oxidation sites excluding steroid dienone is 6. The molecule has 30 heavy (non-hydrogen) atoms. The van der Waals surface area contributed by atoms with Gasteiger partial charge in [-0.15, -0.1) is 0 Å². The molecule has 0 N–H and O–H groups in total. The van der Waals surface area contributed by atoms with Crippen molar-refractivity contribution < 1.29 is 0 Å². The summed E-state index contributed by atoms with van der Waals surface area (Å²) in [5.74, 6) is 0. The minimum absolute atomic E-state index is 0.974. The van der Waals surface area contributed by atoms with Gasteiger partial charge in [-0.05, 0) is 102 Å². The minimum Gasteiger partial charge on any atom is -0.248 e. The van der Waals surface area contributed by atoms with Gasteiger partial charge < -0.3 is 0 Å². The Morgan fingerprint density at radius 2 is 1.13 bits per heavy atom. The van der Waals surface area contributed by atoms with E-state index in [0.29, 0.717) is 0 Å². The summed E-state index contributed by atoms with van der Waals surface area (Å²) in [6, 6.07) is 13.0. The van der Waals surface area contributed by atoms with Crippen LogP contribution in [0.3, 0.4) is 0 Å². The molecular weight excluding hydrogens is 364 g/mol. The van der Waals surface area contributed by atoms with Gasteiger partial charge in [0.25, 0.3) is 0 Å². The molecule has 3 aliphatic heterocycles. The third kappa shape index (κ3) is 2.87. The Bertz CT molecular complexity index is 1160. The maximum atomic E-state index is 5.02. The minimum atomic E-state index is 0.974. The van der Waals surface area contributed by atoms with E-state index < -0.39 is 0 Å². The average Bonchev–Trinajstić information content (AvgIpc) is 3.22. The molecule has 0 radical (unpaired) electrons. The van der Waals surface area contributed by atoms with Crippen LogP contribution in [0.5, 0.6) is 0 Å². The van der Waals surface area contributed by atoms with Crippen LogP contribution in [-0.2, 0) is 0 Å². The van der Waals surface area contributed by atoms with Gasteiger partial charge in [-0.1, -0.05) is 44.2 Å². The summed E-state index contributed by atoms with van der Waals surface area (Å²) >= 11 is 0. The number of hydrogen-bond acceptors (Lipinski definition) is 2. The Morgan fingerprint density at radius 3 is 1.57 bits per heavy atom. The molecule has 6 bridgehead atoms. The molecule has 0 aromatic heterocycles. The molecule has 0 unspecified atom stereocenters. The lowest BCUT2D eigenvalue weighted by atomic mass is 9.99. The highest BCUT2D eigenvalue weighted by atomic mass is 14.8. The molecule has 0 spiro atoms. The Kier molecular flexibility index (Phi) is 4.51. The van der Waals surface area contributed by atoms with Gasteiger partial charge >= 0.3 is 0 Å². The van der Waals surface area contributed by atoms with Crippen LogP contribution in [-0.4, -0.2) is 11.4 Å². The van der Waals surface area contributed by atoms with Gasteiger partial charge in [0.2, 0.25) is 0 Å². The Hall–Kier alpha value is -3.26. The quantitative estimate of drug-likeness (QED) is 0.510. The molecule has 3 heterocycles. The normalized spacial score (nSPS) is 18.0. The zero-order valence-corrected chi connectivity index (χ0v) is 18.1. The second-order valence-electron chi connectivity index (χ2n) is 8.09. The highest BCUT2D eigenvalue weighted by molar-refractivity contribution is 6.19. The van der Waals surface area contributed by atoms with Crippen LogP contribution in [0, 0.1) is 0 Å². The van der Waals surface area contributed by atoms with Crippen molar-refractivity contribution >= 4 is 23.6 Å². The van der Waals surface area contributed by atoms with Gasteiger partial charge in [-0.2, -0.15) is 0 Å². The first-order chi connectivity index (χ1) is 14.6. The number of hydrogen-bond donors (Lipinski definition) is 0. The van der Waals surface area contributed by atoms with Crippen LogP contribution in [0.1, 0.15) is 51.7 Å². The summed E-state index contributed by atoms with van der Waals surface area (Å²) in [4.78, 5) is 10.0. The predicted molar refractivity (Wildman–Crippen MR) is 129 cm³/mol. The molecule has 2 nitrogen and oxygen atoms in total. The second-order valence-corrected chi connectivity index (χ2v) is 8.09. The van der Waals surface area contributed by atoms with Crippen LogP contribution in [0.25, 0.3) is 23.3 Å². The summed E-state index contributed by atoms with van der Waals surface area (Å²) in [7, 11) is 0. The Balaban J connectivity index is 1.84. The third-order valence-corrected chi connectivity index (χ3v) is 6.44. The fourth-order valence-electron chi connectivity index (χ4n) is 4.78. The van der Waals surface area contributed by atoms with Crippen LogP contribution in [0.4, 0.5) is 0 Å². The van der Waals surface area contributed by atoms with Gasteiger partial charge in [0.05, 0.1) is 22.8 Å². The zero-order valence-electron chi connectivity index (χ0n) is 18.1. The molecule has 0 aromatic carbocycles. The van der Waals surface area contributed by atoms with Gasteiger partial charge in [0.15, 0.2) is 0 Å². The van der Waals surface area contributed by atoms with Crippen molar-refractivity contribution in [3.8, 4) is 11.1 Å². The van der Waals surface area contributed by atoms with Crippen LogP contribution in [0.15, 0.2) is 92.2 Å². The topological polar surface area (TPSA) is 24.7 Å². The SMILES string of the molecule is CCC1=C(C)C2=NC1=Cc1cc(c3cccccc1-3)C=C1N=C(C=C2)C(C)=C1CC. The van der Waals surface area contributed by atoms with Gasteiger partial charge in [0, 0.05) is 0 Å². The molecule has 0 saturated heterocycles. The van der Waals surface area contributed by atoms with Crippen molar-refractivity contribution in [2.75, 3.05) is 0 Å². The molecular formula is C28H26N2. The van der Waals surface area contributed by atoms with E-state index in [0.717, 1.165) is 35.7 Å². The van der Waals surface area contributed by atoms with Crippen LogP contribution in [0.2, 0.25) is 0 Å². The van der Waals surface area contributed by atoms with Crippen molar-refractivity contribution in [1.82, 2.24) is 0 Å². The van der Waals surface area contributed by atoms with Crippen molar-refractivity contribution in [2.24, 2.45) is 9.98 Å². The maximum Gasteiger partial charge on any atom is 0.0678 e. The highest BCUT2D eigenvalue weighted by Crippen LogP contribution is 2.39. The maximum absolute atomic E-state index is 5.02. The largest absolute Gasteiger partial charge is 0.248 e. The number of aliphatic imine (C=N–C) groups is 2. The second kappa shape index (κ2) is 7.21. The molecule has 0 atom stereocenters. The fourth-order valence-corrected chi connectivity index (χ4v) is 4.78. The van der Waals surface area contributed by atoms with E-state index in [1.165, 1.54) is 44.5 Å². The first kappa shape index (κ1) is 18.7. The van der Waals surface area contributed by atoms with Crippen molar-refractivity contribution in [2.45, 2.75) is 40.5 Å². The molecule has 0 saturated carbocycles. The van der Waals surface area contributed by atoms with Gasteiger partial charge in [-0.25, -0.2) is 9.98 Å². The van der Waals surface area contributed by atoms with E-state index in [1.807, 2.05) is 0 Å². The fraction of sp³-hybridized carbons (Fsp3) is 0.214. The summed E-state index contributed by atoms with van der Waals surface area (Å²) in [6.07, 6.45) is 10.7. The molecule has 5 aliphatic rings. The van der Waals surface area contributed by atoms with Gasteiger partial charge in [-0.3, -0.25) is 0 Å². The van der Waals surface area contributed by atoms with E-state index >= 15 is 0 Å². The van der Waals surface area contributed by atoms with E-state index in [-0.39, 0.29) is 0 Å². The molecule has 0 aromatic rings. The summed E-state index contributed by atoms with van der Waals surface area (Å²) in [5.41, 5.74) is 14.4. The van der Waals surface area contributed by atoms with Gasteiger partial charge in [0.1, 0.15) is 0 Å². The van der Waals surface area contributed by atoms with Crippen molar-refractivity contribution in [1.29, 1.82) is 0 Å². The molecule has 148 valence electrons. The van der Waals surface area contributed by atoms with E-state index in [1.54, 1.807) is 0 Å². The monoisotopic (exact) mass is 390 g/mol. The number of rotatable bonds is 2. The lowest BCUT2D eigenvalue weighted by Gasteiger charge is -2.03. The third-order valence-electron chi connectivity index (χ3n) is 6.44. The number of fused-ring (bicyclic) bond motifs is 7. The van der Waals surface area contributed by atoms with Crippen LogP contribution >= 0.6 is 0 Å². The van der Waals surface area contributed by atoms with E-state index in [9.17, 15) is 0 Å². The smallest absolute Gasteiger partial charge is 0.0678 e. The predicted octanol–water partition coefficient (Wildman–Crippen LogP) is 7.41. The van der Waals surface area contributed by atoms with E-state index in [4.69, 9.17) is 9.98 Å². The number of nitrogens with zero attached hydrogens (tertiary/aromatic N) is 2. The Morgan fingerprint density at radius 1 is 0.667 bits per heavy atom. The zero-order chi connectivity index (χ0) is 20.8. The van der Waals surface area contributed by atoms with E-state index in [2.05, 4.69) is 88.4 Å². The molecule has 5 rings (SSSR count). The molecule has 2 aliphatic carbocycles. The standard InChI is InChI=1S/C28H26N2/c1-5-21-17(3)25-12-13-26-18(4)22(6-2)28(30-26)16-20-14-19(15-27(21)29-25)23-10-8-7-9-11-24(20)23/h7-16H,5-6H2,1-4H3. The first-order valence-electron chi connectivity index (χ1n) is 10.8. The molecule has 0 amide bonds. The summed E-state index contributed by atoms with van der Waals surface area (Å²) in [6.45, 7) is 8.79. The van der Waals surface area contributed by atoms with Crippen molar-refractivity contribution in [3.63, 3.8) is 0 Å². The molecule has 0 fully saturated rings. The lowest BCUT2D eigenvalue weighted by Crippen LogP contribution is -1.97. The Labute approximate surface area is 178 Å². The van der Waals surface area contributed by atoms with Crippen molar-refractivity contribution in [3.05, 3.63) is 93.4 Å². The summed E-state index contributed by atoms with van der Waals surface area (Å²) in [5, 5.41) is 0. The first-order valence-corrected chi connectivity index (χ1v) is 10.8. The lowest BCUT2D eigenvalue weighted by molar-refractivity contribution is 1.10. The average molecular weight is 391 g/mol. The summed E-state index contributed by atoms with van der Waals surface area (Å²) < 4.78 is 0. The molecule has 2 heteroatoms. The van der Waals surface area contributed by atoms with Crippen LogP contribution < -0.4 is 0 Å². The highest BCUT2D eigenvalue weighted by Gasteiger charge is 2.23.